The Balaban J connectivity index is 1.66. The molecule has 32 heavy (non-hydrogen) atoms. The van der Waals surface area contributed by atoms with Gasteiger partial charge in [-0.25, -0.2) is 19.7 Å². The number of piperidine rings is 1. The predicted molar refractivity (Wildman–Crippen MR) is 119 cm³/mol. The van der Waals surface area contributed by atoms with E-state index in [4.69, 9.17) is 9.97 Å². The average Bonchev–Trinajstić information content (AvgIpc) is 2.77. The van der Waals surface area contributed by atoms with Gasteiger partial charge in [-0.15, -0.1) is 0 Å². The van der Waals surface area contributed by atoms with Crippen molar-refractivity contribution in [2.24, 2.45) is 5.92 Å². The van der Waals surface area contributed by atoms with E-state index < -0.39 is 5.69 Å². The molecule has 2 aliphatic heterocycles. The molecule has 0 aliphatic carbocycles. The molecule has 1 atom stereocenters. The number of hydrogen-bond acceptors (Lipinski definition) is 6. The lowest BCUT2D eigenvalue weighted by molar-refractivity contribution is -0.136. The monoisotopic (exact) mass is 438 g/mol. The lowest BCUT2D eigenvalue weighted by Crippen LogP contribution is -2.43. The Kier molecular flexibility index (Phi) is 6.34. The minimum atomic E-state index is -0.446. The molecule has 0 bridgehead atoms. The molecule has 1 saturated heterocycles. The number of carbonyl (C=O) groups is 2. The smallest absolute Gasteiger partial charge is 0.331 e. The summed E-state index contributed by atoms with van der Waals surface area (Å²) in [5.74, 6) is 1.52. The van der Waals surface area contributed by atoms with E-state index in [9.17, 15) is 14.4 Å². The molecule has 0 unspecified atom stereocenters. The van der Waals surface area contributed by atoms with E-state index in [-0.39, 0.29) is 24.4 Å². The summed E-state index contributed by atoms with van der Waals surface area (Å²) in [6.45, 7) is 7.26. The third-order valence-electron chi connectivity index (χ3n) is 6.11. The van der Waals surface area contributed by atoms with Gasteiger partial charge in [0.2, 0.25) is 11.8 Å². The summed E-state index contributed by atoms with van der Waals surface area (Å²) in [5.41, 5.74) is 1.44. The highest BCUT2D eigenvalue weighted by atomic mass is 16.2. The van der Waals surface area contributed by atoms with Crippen molar-refractivity contribution in [2.75, 3.05) is 18.0 Å². The SMILES string of the molecule is Cc1nc([C@@H]2CCCCN2C(=O)Cn2cccnc2=O)nc2c1CCC(=O)N2CC(C)C. The highest BCUT2D eigenvalue weighted by Crippen LogP contribution is 2.34. The number of carbonyl (C=O) groups excluding carboxylic acids is 2. The number of amides is 2. The van der Waals surface area contributed by atoms with Gasteiger partial charge in [0.05, 0.1) is 6.04 Å². The number of nitrogens with zero attached hydrogens (tertiary/aromatic N) is 6. The van der Waals surface area contributed by atoms with E-state index >= 15 is 0 Å². The Morgan fingerprint density at radius 2 is 2.00 bits per heavy atom. The molecule has 0 N–H and O–H groups in total. The molecule has 0 aromatic carbocycles. The van der Waals surface area contributed by atoms with Gasteiger partial charge in [-0.2, -0.15) is 0 Å². The van der Waals surface area contributed by atoms with Crippen molar-refractivity contribution >= 4 is 17.6 Å². The number of rotatable bonds is 5. The minimum absolute atomic E-state index is 0.0644. The second kappa shape index (κ2) is 9.18. The third-order valence-corrected chi connectivity index (χ3v) is 6.11. The largest absolute Gasteiger partial charge is 0.347 e. The third kappa shape index (κ3) is 4.42. The molecular formula is C23H30N6O3. The van der Waals surface area contributed by atoms with Gasteiger partial charge >= 0.3 is 5.69 Å². The summed E-state index contributed by atoms with van der Waals surface area (Å²) in [6, 6.07) is 1.36. The van der Waals surface area contributed by atoms with Gasteiger partial charge in [-0.1, -0.05) is 13.8 Å². The molecule has 9 nitrogen and oxygen atoms in total. The quantitative estimate of drug-likeness (QED) is 0.708. The Morgan fingerprint density at radius 1 is 1.19 bits per heavy atom. The first-order valence-corrected chi connectivity index (χ1v) is 11.3. The van der Waals surface area contributed by atoms with E-state index in [0.717, 1.165) is 30.5 Å². The Bertz CT molecular complexity index is 1080. The lowest BCUT2D eigenvalue weighted by atomic mass is 9.99. The molecule has 170 valence electrons. The molecule has 1 fully saturated rings. The van der Waals surface area contributed by atoms with Gasteiger partial charge in [0.15, 0.2) is 5.82 Å². The maximum Gasteiger partial charge on any atom is 0.347 e. The number of aromatic nitrogens is 4. The van der Waals surface area contributed by atoms with Crippen LogP contribution in [0, 0.1) is 12.8 Å². The van der Waals surface area contributed by atoms with Crippen LogP contribution in [0.4, 0.5) is 5.82 Å². The zero-order valence-corrected chi connectivity index (χ0v) is 19.0. The molecule has 9 heteroatoms. The van der Waals surface area contributed by atoms with Crippen LogP contribution in [0.3, 0.4) is 0 Å². The minimum Gasteiger partial charge on any atom is -0.331 e. The highest BCUT2D eigenvalue weighted by Gasteiger charge is 2.34. The second-order valence-corrected chi connectivity index (χ2v) is 9.00. The normalized spacial score (nSPS) is 18.8. The highest BCUT2D eigenvalue weighted by molar-refractivity contribution is 5.95. The van der Waals surface area contributed by atoms with Crippen LogP contribution in [-0.4, -0.2) is 49.3 Å². The Morgan fingerprint density at radius 3 is 2.75 bits per heavy atom. The lowest BCUT2D eigenvalue weighted by Gasteiger charge is -2.36. The fourth-order valence-electron chi connectivity index (χ4n) is 4.55. The van der Waals surface area contributed by atoms with Crippen molar-refractivity contribution in [1.82, 2.24) is 24.4 Å². The van der Waals surface area contributed by atoms with Crippen LogP contribution in [0.5, 0.6) is 0 Å². The van der Waals surface area contributed by atoms with Crippen LogP contribution in [-0.2, 0) is 22.6 Å². The number of hydrogen-bond donors (Lipinski definition) is 0. The van der Waals surface area contributed by atoms with Crippen molar-refractivity contribution < 1.29 is 9.59 Å². The molecule has 2 aliphatic rings. The molecule has 0 radical (unpaired) electrons. The van der Waals surface area contributed by atoms with E-state index in [0.29, 0.717) is 43.5 Å². The fraction of sp³-hybridized carbons (Fsp3) is 0.565. The van der Waals surface area contributed by atoms with Crippen molar-refractivity contribution in [1.29, 1.82) is 0 Å². The first kappa shape index (κ1) is 22.1. The van der Waals surface area contributed by atoms with Crippen LogP contribution in [0.25, 0.3) is 0 Å². The van der Waals surface area contributed by atoms with Gasteiger partial charge in [-0.05, 0) is 44.6 Å². The molecule has 2 aromatic heterocycles. The summed E-state index contributed by atoms with van der Waals surface area (Å²) in [7, 11) is 0. The summed E-state index contributed by atoms with van der Waals surface area (Å²) in [5, 5.41) is 0. The first-order chi connectivity index (χ1) is 15.3. The van der Waals surface area contributed by atoms with Crippen molar-refractivity contribution in [2.45, 2.75) is 65.5 Å². The van der Waals surface area contributed by atoms with Crippen molar-refractivity contribution in [3.63, 3.8) is 0 Å². The van der Waals surface area contributed by atoms with Crippen LogP contribution in [0.1, 0.15) is 62.7 Å². The maximum absolute atomic E-state index is 13.2. The summed E-state index contributed by atoms with van der Waals surface area (Å²) in [6.07, 6.45) is 6.72. The second-order valence-electron chi connectivity index (χ2n) is 9.00. The van der Waals surface area contributed by atoms with E-state index in [1.54, 1.807) is 22.1 Å². The van der Waals surface area contributed by atoms with E-state index in [1.807, 2.05) is 6.92 Å². The number of anilines is 1. The van der Waals surface area contributed by atoms with Gasteiger partial charge in [-0.3, -0.25) is 19.1 Å². The Hall–Kier alpha value is -3.10. The van der Waals surface area contributed by atoms with Gasteiger partial charge in [0.1, 0.15) is 12.4 Å². The zero-order valence-electron chi connectivity index (χ0n) is 19.0. The van der Waals surface area contributed by atoms with Gasteiger partial charge < -0.3 is 4.90 Å². The number of aryl methyl sites for hydroxylation is 1. The molecule has 0 saturated carbocycles. The van der Waals surface area contributed by atoms with Crippen molar-refractivity contribution in [3.8, 4) is 0 Å². The molecule has 2 amide bonds. The topological polar surface area (TPSA) is 101 Å². The maximum atomic E-state index is 13.2. The van der Waals surface area contributed by atoms with Crippen LogP contribution >= 0.6 is 0 Å². The summed E-state index contributed by atoms with van der Waals surface area (Å²) in [4.78, 5) is 54.7. The van der Waals surface area contributed by atoms with Crippen LogP contribution in [0.15, 0.2) is 23.3 Å². The van der Waals surface area contributed by atoms with E-state index in [1.165, 1.54) is 10.8 Å². The standard InChI is InChI=1S/C23H30N6O3/c1-15(2)13-29-19(30)9-8-17-16(3)25-21(26-22(17)29)18-7-4-5-12-28(18)20(31)14-27-11-6-10-24-23(27)32/h6,10-11,15,18H,4-5,7-9,12-14H2,1-3H3/t18-/m0/s1. The van der Waals surface area contributed by atoms with Gasteiger partial charge in [0.25, 0.3) is 0 Å². The first-order valence-electron chi connectivity index (χ1n) is 11.3. The van der Waals surface area contributed by atoms with Crippen molar-refractivity contribution in [3.05, 3.63) is 46.0 Å². The van der Waals surface area contributed by atoms with Crippen LogP contribution < -0.4 is 10.6 Å². The molecular weight excluding hydrogens is 408 g/mol. The van der Waals surface area contributed by atoms with Crippen LogP contribution in [0.2, 0.25) is 0 Å². The summed E-state index contributed by atoms with van der Waals surface area (Å²) >= 11 is 0. The molecule has 0 spiro atoms. The number of fused-ring (bicyclic) bond motifs is 1. The van der Waals surface area contributed by atoms with Gasteiger partial charge in [0, 0.05) is 43.2 Å². The van der Waals surface area contributed by atoms with E-state index in [2.05, 4.69) is 18.8 Å². The Labute approximate surface area is 187 Å². The molecule has 4 heterocycles. The molecule has 2 aromatic rings. The summed E-state index contributed by atoms with van der Waals surface area (Å²) < 4.78 is 1.32. The average molecular weight is 439 g/mol. The fourth-order valence-corrected chi connectivity index (χ4v) is 4.55. The number of likely N-dealkylation sites (tertiary alicyclic amines) is 1. The predicted octanol–water partition coefficient (Wildman–Crippen LogP) is 2.03. The zero-order chi connectivity index (χ0) is 22.8. The molecule has 4 rings (SSSR count).